The fourth-order valence-corrected chi connectivity index (χ4v) is 3.79. The van der Waals surface area contributed by atoms with Crippen molar-refractivity contribution in [3.05, 3.63) is 65.8 Å². The van der Waals surface area contributed by atoms with Crippen LogP contribution in [0.5, 0.6) is 5.75 Å². The van der Waals surface area contributed by atoms with E-state index >= 15 is 0 Å². The molecule has 0 saturated carbocycles. The van der Waals surface area contributed by atoms with Crippen LogP contribution in [-0.4, -0.2) is 46.8 Å². The Labute approximate surface area is 175 Å². The Morgan fingerprint density at radius 1 is 1.00 bits per heavy atom. The molecule has 0 bridgehead atoms. The molecule has 0 unspecified atom stereocenters. The van der Waals surface area contributed by atoms with E-state index in [1.54, 1.807) is 23.3 Å². The molecule has 0 saturated heterocycles. The second-order valence-electron chi connectivity index (χ2n) is 6.34. The molecule has 4 aromatic heterocycles. The number of aromatic nitrogens is 8. The summed E-state index contributed by atoms with van der Waals surface area (Å²) < 4.78 is 7.19. The first kappa shape index (κ1) is 18.3. The highest BCUT2D eigenvalue weighted by Gasteiger charge is 2.13. The van der Waals surface area contributed by atoms with Crippen molar-refractivity contribution in [2.45, 2.75) is 13.3 Å². The molecule has 9 nitrogen and oxygen atoms in total. The van der Waals surface area contributed by atoms with Crippen LogP contribution in [0, 0.1) is 0 Å². The summed E-state index contributed by atoms with van der Waals surface area (Å²) in [4.78, 5) is 13.1. The summed E-state index contributed by atoms with van der Waals surface area (Å²) in [7, 11) is 0. The molecule has 0 spiro atoms. The lowest BCUT2D eigenvalue weighted by Crippen LogP contribution is -2.02. The van der Waals surface area contributed by atoms with Crippen LogP contribution in [0.1, 0.15) is 17.8 Å². The number of rotatable bonds is 6. The molecule has 4 heterocycles. The Hall–Kier alpha value is -3.79. The SMILES string of the molecule is CCOc1ccc(-n2nnc3cnc(Cc4nnc(-c5ccncc5)s4)nc32)cc1. The van der Waals surface area contributed by atoms with E-state index in [9.17, 15) is 0 Å². The van der Waals surface area contributed by atoms with Crippen LogP contribution in [0.2, 0.25) is 0 Å². The summed E-state index contributed by atoms with van der Waals surface area (Å²) in [5, 5.41) is 18.6. The minimum absolute atomic E-state index is 0.479. The Kier molecular flexibility index (Phi) is 4.81. The first-order chi connectivity index (χ1) is 14.8. The molecule has 0 radical (unpaired) electrons. The second-order valence-corrected chi connectivity index (χ2v) is 7.40. The lowest BCUT2D eigenvalue weighted by molar-refractivity contribution is 0.340. The molecule has 0 N–H and O–H groups in total. The summed E-state index contributed by atoms with van der Waals surface area (Å²) >= 11 is 1.51. The molecule has 0 aliphatic heterocycles. The predicted octanol–water partition coefficient (Wildman–Crippen LogP) is 3.11. The Balaban J connectivity index is 1.42. The third-order valence-electron chi connectivity index (χ3n) is 4.34. The van der Waals surface area contributed by atoms with E-state index in [-0.39, 0.29) is 0 Å². The van der Waals surface area contributed by atoms with Crippen LogP contribution in [0.4, 0.5) is 0 Å². The topological polar surface area (TPSA) is 104 Å². The molecule has 0 aliphatic rings. The average Bonchev–Trinajstić information content (AvgIpc) is 3.42. The normalized spacial score (nSPS) is 11.1. The van der Waals surface area contributed by atoms with Crippen molar-refractivity contribution in [2.24, 2.45) is 0 Å². The number of hydrogen-bond donors (Lipinski definition) is 0. The number of benzene rings is 1. The first-order valence-electron chi connectivity index (χ1n) is 9.33. The summed E-state index contributed by atoms with van der Waals surface area (Å²) in [6.45, 7) is 2.58. The van der Waals surface area contributed by atoms with Crippen molar-refractivity contribution in [1.29, 1.82) is 0 Å². The van der Waals surface area contributed by atoms with Crippen molar-refractivity contribution in [3.8, 4) is 22.0 Å². The predicted molar refractivity (Wildman–Crippen MR) is 112 cm³/mol. The molecule has 0 atom stereocenters. The molecule has 0 aliphatic carbocycles. The van der Waals surface area contributed by atoms with Crippen molar-refractivity contribution >= 4 is 22.5 Å². The zero-order chi connectivity index (χ0) is 20.3. The van der Waals surface area contributed by atoms with Crippen molar-refractivity contribution in [1.82, 2.24) is 40.1 Å². The Bertz CT molecular complexity index is 1280. The summed E-state index contributed by atoms with van der Waals surface area (Å²) in [6.07, 6.45) is 5.64. The maximum Gasteiger partial charge on any atom is 0.187 e. The summed E-state index contributed by atoms with van der Waals surface area (Å²) in [5.74, 6) is 1.44. The number of hydrogen-bond acceptors (Lipinski definition) is 9. The standard InChI is InChI=1S/C20H16N8OS/c1-2-29-15-5-3-14(4-6-15)28-19-16(24-27-28)12-22-17(23-19)11-18-25-26-20(30-18)13-7-9-21-10-8-13/h3-10,12H,2,11H2,1H3. The van der Waals surface area contributed by atoms with Gasteiger partial charge < -0.3 is 4.74 Å². The average molecular weight is 416 g/mol. The maximum absolute atomic E-state index is 5.50. The Morgan fingerprint density at radius 2 is 1.83 bits per heavy atom. The Morgan fingerprint density at radius 3 is 2.63 bits per heavy atom. The van der Waals surface area contributed by atoms with E-state index in [0.717, 1.165) is 27.0 Å². The number of ether oxygens (including phenoxy) is 1. The third-order valence-corrected chi connectivity index (χ3v) is 5.31. The van der Waals surface area contributed by atoms with Gasteiger partial charge in [0.1, 0.15) is 21.6 Å². The van der Waals surface area contributed by atoms with Gasteiger partial charge in [0, 0.05) is 18.0 Å². The molecule has 1 aromatic carbocycles. The van der Waals surface area contributed by atoms with Crippen LogP contribution in [0.25, 0.3) is 27.4 Å². The van der Waals surface area contributed by atoms with Gasteiger partial charge in [0.15, 0.2) is 11.2 Å². The number of fused-ring (bicyclic) bond motifs is 1. The number of pyridine rings is 1. The lowest BCUT2D eigenvalue weighted by Gasteiger charge is -2.05. The van der Waals surface area contributed by atoms with Gasteiger partial charge in [-0.2, -0.15) is 4.68 Å². The zero-order valence-corrected chi connectivity index (χ0v) is 16.8. The van der Waals surface area contributed by atoms with Gasteiger partial charge in [0.25, 0.3) is 0 Å². The van der Waals surface area contributed by atoms with Gasteiger partial charge in [0.05, 0.1) is 24.9 Å². The fourth-order valence-electron chi connectivity index (χ4n) is 2.94. The van der Waals surface area contributed by atoms with Gasteiger partial charge >= 0.3 is 0 Å². The smallest absolute Gasteiger partial charge is 0.187 e. The van der Waals surface area contributed by atoms with E-state index in [0.29, 0.717) is 30.0 Å². The lowest BCUT2D eigenvalue weighted by atomic mass is 10.3. The van der Waals surface area contributed by atoms with Crippen molar-refractivity contribution < 1.29 is 4.74 Å². The van der Waals surface area contributed by atoms with E-state index < -0.39 is 0 Å². The van der Waals surface area contributed by atoms with Crippen molar-refractivity contribution in [2.75, 3.05) is 6.61 Å². The fraction of sp³-hybridized carbons (Fsp3) is 0.150. The zero-order valence-electron chi connectivity index (χ0n) is 16.0. The van der Waals surface area contributed by atoms with Crippen LogP contribution >= 0.6 is 11.3 Å². The highest BCUT2D eigenvalue weighted by molar-refractivity contribution is 7.14. The van der Waals surface area contributed by atoms with Gasteiger partial charge in [-0.15, -0.1) is 15.3 Å². The van der Waals surface area contributed by atoms with Crippen LogP contribution in [0.3, 0.4) is 0 Å². The molecular weight excluding hydrogens is 400 g/mol. The van der Waals surface area contributed by atoms with Gasteiger partial charge in [-0.3, -0.25) is 4.98 Å². The monoisotopic (exact) mass is 416 g/mol. The molecule has 148 valence electrons. The molecule has 5 aromatic rings. The minimum Gasteiger partial charge on any atom is -0.494 e. The van der Waals surface area contributed by atoms with Gasteiger partial charge in [-0.25, -0.2) is 9.97 Å². The van der Waals surface area contributed by atoms with Gasteiger partial charge in [-0.05, 0) is 43.3 Å². The highest BCUT2D eigenvalue weighted by Crippen LogP contribution is 2.24. The van der Waals surface area contributed by atoms with E-state index in [4.69, 9.17) is 4.74 Å². The van der Waals surface area contributed by atoms with Gasteiger partial charge in [-0.1, -0.05) is 16.6 Å². The molecule has 10 heteroatoms. The molecule has 30 heavy (non-hydrogen) atoms. The summed E-state index contributed by atoms with van der Waals surface area (Å²) in [6, 6.07) is 11.5. The van der Waals surface area contributed by atoms with Crippen LogP contribution < -0.4 is 4.74 Å². The molecule has 5 rings (SSSR count). The maximum atomic E-state index is 5.50. The van der Waals surface area contributed by atoms with Crippen LogP contribution in [-0.2, 0) is 6.42 Å². The highest BCUT2D eigenvalue weighted by atomic mass is 32.1. The first-order valence-corrected chi connectivity index (χ1v) is 10.1. The number of nitrogens with zero attached hydrogens (tertiary/aromatic N) is 8. The molecule has 0 fully saturated rings. The quantitative estimate of drug-likeness (QED) is 0.416. The van der Waals surface area contributed by atoms with E-state index in [1.165, 1.54) is 11.3 Å². The second kappa shape index (κ2) is 7.91. The van der Waals surface area contributed by atoms with E-state index in [2.05, 4.69) is 35.5 Å². The van der Waals surface area contributed by atoms with Gasteiger partial charge in [0.2, 0.25) is 0 Å². The van der Waals surface area contributed by atoms with E-state index in [1.807, 2.05) is 43.3 Å². The molecule has 0 amide bonds. The molecular formula is C20H16N8OS. The van der Waals surface area contributed by atoms with Crippen molar-refractivity contribution in [3.63, 3.8) is 0 Å². The third kappa shape index (κ3) is 3.60. The van der Waals surface area contributed by atoms with Crippen LogP contribution in [0.15, 0.2) is 55.0 Å². The largest absolute Gasteiger partial charge is 0.494 e. The minimum atomic E-state index is 0.479. The summed E-state index contributed by atoms with van der Waals surface area (Å²) in [5.41, 5.74) is 3.11.